The minimum Gasteiger partial charge on any atom is -0.478 e. The minimum absolute atomic E-state index is 0.0282. The molecule has 0 atom stereocenters. The van der Waals surface area contributed by atoms with E-state index >= 15 is 0 Å². The predicted octanol–water partition coefficient (Wildman–Crippen LogP) is 2.01. The molecule has 0 spiro atoms. The molecule has 0 unspecified atom stereocenters. The summed E-state index contributed by atoms with van der Waals surface area (Å²) in [6, 6.07) is 6.36. The maximum Gasteiger partial charge on any atom is 0.337 e. The SMILES string of the molecule is O=C(O)c1ccn(C(=O)c2ccc(F)cc2)c1. The number of rotatable bonds is 2. The molecule has 1 aromatic heterocycles. The van der Waals surface area contributed by atoms with Crippen molar-refractivity contribution in [1.82, 2.24) is 4.57 Å². The summed E-state index contributed by atoms with van der Waals surface area (Å²) in [5.74, 6) is -1.94. The van der Waals surface area contributed by atoms with Crippen LogP contribution >= 0.6 is 0 Å². The van der Waals surface area contributed by atoms with Crippen molar-refractivity contribution >= 4 is 11.9 Å². The first kappa shape index (κ1) is 11.1. The average Bonchev–Trinajstić information content (AvgIpc) is 2.78. The van der Waals surface area contributed by atoms with Crippen LogP contribution in [0.2, 0.25) is 0 Å². The van der Waals surface area contributed by atoms with E-state index in [0.717, 1.165) is 4.57 Å². The highest BCUT2D eigenvalue weighted by Crippen LogP contribution is 2.08. The van der Waals surface area contributed by atoms with Gasteiger partial charge in [0.05, 0.1) is 5.56 Å². The standard InChI is InChI=1S/C12H8FNO3/c13-10-3-1-8(2-4-10)11(15)14-6-5-9(7-14)12(16)17/h1-7H,(H,16,17). The van der Waals surface area contributed by atoms with Crippen LogP contribution in [0.3, 0.4) is 0 Å². The van der Waals surface area contributed by atoms with Gasteiger partial charge < -0.3 is 5.11 Å². The first-order chi connectivity index (χ1) is 8.08. The van der Waals surface area contributed by atoms with Crippen molar-refractivity contribution in [1.29, 1.82) is 0 Å². The molecule has 5 heteroatoms. The molecule has 2 rings (SSSR count). The molecule has 0 aliphatic carbocycles. The van der Waals surface area contributed by atoms with Crippen LogP contribution in [0.1, 0.15) is 20.7 Å². The highest BCUT2D eigenvalue weighted by Gasteiger charge is 2.11. The third-order valence-corrected chi connectivity index (χ3v) is 2.27. The Morgan fingerprint density at radius 3 is 2.24 bits per heavy atom. The van der Waals surface area contributed by atoms with Crippen LogP contribution in [-0.2, 0) is 0 Å². The third-order valence-electron chi connectivity index (χ3n) is 2.27. The van der Waals surface area contributed by atoms with Crippen LogP contribution in [0.5, 0.6) is 0 Å². The van der Waals surface area contributed by atoms with E-state index in [2.05, 4.69) is 0 Å². The molecule has 0 fully saturated rings. The molecule has 2 aromatic rings. The largest absolute Gasteiger partial charge is 0.478 e. The van der Waals surface area contributed by atoms with Gasteiger partial charge in [0, 0.05) is 18.0 Å². The Hall–Kier alpha value is -2.43. The van der Waals surface area contributed by atoms with Gasteiger partial charge in [-0.25, -0.2) is 9.18 Å². The van der Waals surface area contributed by atoms with Crippen LogP contribution in [0.15, 0.2) is 42.7 Å². The summed E-state index contributed by atoms with van der Waals surface area (Å²) in [4.78, 5) is 22.5. The third kappa shape index (κ3) is 2.23. The zero-order valence-corrected chi connectivity index (χ0v) is 8.63. The first-order valence-corrected chi connectivity index (χ1v) is 4.79. The molecule has 0 saturated carbocycles. The van der Waals surface area contributed by atoms with Gasteiger partial charge in [-0.05, 0) is 30.3 Å². The first-order valence-electron chi connectivity index (χ1n) is 4.79. The van der Waals surface area contributed by atoms with Crippen molar-refractivity contribution in [3.63, 3.8) is 0 Å². The number of hydrogen-bond donors (Lipinski definition) is 1. The van der Waals surface area contributed by atoms with E-state index in [9.17, 15) is 14.0 Å². The predicted molar refractivity (Wildman–Crippen MR) is 57.5 cm³/mol. The smallest absolute Gasteiger partial charge is 0.337 e. The number of carboxylic acid groups (broad SMARTS) is 1. The van der Waals surface area contributed by atoms with Gasteiger partial charge >= 0.3 is 5.97 Å². The van der Waals surface area contributed by atoms with Gasteiger partial charge in [-0.1, -0.05) is 0 Å². The van der Waals surface area contributed by atoms with Gasteiger partial charge in [-0.2, -0.15) is 0 Å². The van der Waals surface area contributed by atoms with Gasteiger partial charge in [0.1, 0.15) is 5.82 Å². The Labute approximate surface area is 95.9 Å². The van der Waals surface area contributed by atoms with E-state index in [1.54, 1.807) is 0 Å². The fourth-order valence-corrected chi connectivity index (χ4v) is 1.39. The molecule has 86 valence electrons. The van der Waals surface area contributed by atoms with Gasteiger partial charge in [-0.15, -0.1) is 0 Å². The van der Waals surface area contributed by atoms with Gasteiger partial charge in [0.15, 0.2) is 0 Å². The molecule has 0 saturated heterocycles. The number of carbonyl (C=O) groups excluding carboxylic acids is 1. The highest BCUT2D eigenvalue weighted by atomic mass is 19.1. The molecule has 0 bridgehead atoms. The van der Waals surface area contributed by atoms with Gasteiger partial charge in [0.25, 0.3) is 5.91 Å². The Bertz CT molecular complexity index is 572. The lowest BCUT2D eigenvalue weighted by Gasteiger charge is -2.01. The van der Waals surface area contributed by atoms with Crippen molar-refractivity contribution in [2.24, 2.45) is 0 Å². The second-order valence-corrected chi connectivity index (χ2v) is 3.42. The molecule has 0 amide bonds. The monoisotopic (exact) mass is 233 g/mol. The second kappa shape index (κ2) is 4.21. The maximum atomic E-state index is 12.7. The summed E-state index contributed by atoms with van der Waals surface area (Å²) in [6.45, 7) is 0. The molecular formula is C12H8FNO3. The fourth-order valence-electron chi connectivity index (χ4n) is 1.39. The van der Waals surface area contributed by atoms with E-state index < -0.39 is 17.7 Å². The Balaban J connectivity index is 2.30. The number of hydrogen-bond acceptors (Lipinski definition) is 2. The summed E-state index contributed by atoms with van der Waals surface area (Å²) >= 11 is 0. The summed E-state index contributed by atoms with van der Waals surface area (Å²) in [5.41, 5.74) is 0.319. The van der Waals surface area contributed by atoms with Crippen molar-refractivity contribution in [2.45, 2.75) is 0 Å². The molecule has 1 aromatic carbocycles. The summed E-state index contributed by atoms with van der Waals surface area (Å²) in [5, 5.41) is 8.71. The van der Waals surface area contributed by atoms with Crippen LogP contribution in [-0.4, -0.2) is 21.6 Å². The molecule has 0 aliphatic rings. The second-order valence-electron chi connectivity index (χ2n) is 3.42. The van der Waals surface area contributed by atoms with Gasteiger partial charge in [-0.3, -0.25) is 9.36 Å². The molecular weight excluding hydrogens is 225 g/mol. The van der Waals surface area contributed by atoms with Crippen molar-refractivity contribution in [2.75, 3.05) is 0 Å². The lowest BCUT2D eigenvalue weighted by Crippen LogP contribution is -2.09. The average molecular weight is 233 g/mol. The quantitative estimate of drug-likeness (QED) is 0.863. The van der Waals surface area contributed by atoms with Crippen molar-refractivity contribution in [3.05, 3.63) is 59.7 Å². The van der Waals surface area contributed by atoms with Crippen LogP contribution in [0.4, 0.5) is 4.39 Å². The zero-order valence-electron chi connectivity index (χ0n) is 8.63. The number of benzene rings is 1. The molecule has 0 radical (unpaired) electrons. The highest BCUT2D eigenvalue weighted by molar-refractivity contribution is 5.97. The number of carbonyl (C=O) groups is 2. The molecule has 4 nitrogen and oxygen atoms in total. The van der Waals surface area contributed by atoms with Crippen LogP contribution in [0.25, 0.3) is 0 Å². The van der Waals surface area contributed by atoms with E-state index in [-0.39, 0.29) is 5.56 Å². The summed E-state index contributed by atoms with van der Waals surface area (Å²) in [7, 11) is 0. The van der Waals surface area contributed by atoms with Gasteiger partial charge in [0.2, 0.25) is 0 Å². The Morgan fingerprint density at radius 1 is 1.06 bits per heavy atom. The number of nitrogens with zero attached hydrogens (tertiary/aromatic N) is 1. The maximum absolute atomic E-state index is 12.7. The molecule has 0 aliphatic heterocycles. The zero-order chi connectivity index (χ0) is 12.4. The van der Waals surface area contributed by atoms with Crippen LogP contribution < -0.4 is 0 Å². The van der Waals surface area contributed by atoms with Crippen molar-refractivity contribution in [3.8, 4) is 0 Å². The lowest BCUT2D eigenvalue weighted by molar-refractivity contribution is 0.0697. The fraction of sp³-hybridized carbons (Fsp3) is 0. The number of aromatic carboxylic acids is 1. The van der Waals surface area contributed by atoms with E-state index in [4.69, 9.17) is 5.11 Å². The molecule has 1 heterocycles. The van der Waals surface area contributed by atoms with E-state index in [1.807, 2.05) is 0 Å². The number of carboxylic acids is 1. The molecule has 1 N–H and O–H groups in total. The molecule has 17 heavy (non-hydrogen) atoms. The minimum atomic E-state index is -1.10. The normalized spacial score (nSPS) is 10.2. The number of aromatic nitrogens is 1. The van der Waals surface area contributed by atoms with E-state index in [1.165, 1.54) is 42.7 Å². The topological polar surface area (TPSA) is 59.3 Å². The Morgan fingerprint density at radius 2 is 1.71 bits per heavy atom. The summed E-state index contributed by atoms with van der Waals surface area (Å²) < 4.78 is 13.8. The van der Waals surface area contributed by atoms with Crippen LogP contribution in [0, 0.1) is 5.82 Å². The summed E-state index contributed by atoms with van der Waals surface area (Å²) in [6.07, 6.45) is 2.57. The van der Waals surface area contributed by atoms with Crippen molar-refractivity contribution < 1.29 is 19.1 Å². The Kier molecular flexibility index (Phi) is 2.74. The number of halogens is 1. The van der Waals surface area contributed by atoms with E-state index in [0.29, 0.717) is 5.56 Å². The lowest BCUT2D eigenvalue weighted by atomic mass is 10.2.